The zero-order chi connectivity index (χ0) is 34.9. The fourth-order valence-electron chi connectivity index (χ4n) is 6.16. The molecule has 0 saturated heterocycles. The maximum atomic E-state index is 14.2. The van der Waals surface area contributed by atoms with Gasteiger partial charge in [0.2, 0.25) is 5.78 Å². The van der Waals surface area contributed by atoms with Crippen molar-refractivity contribution in [2.75, 3.05) is 0 Å². The number of nitrogens with zero attached hydrogens (tertiary/aromatic N) is 2. The van der Waals surface area contributed by atoms with Crippen LogP contribution in [0, 0.1) is 6.92 Å². The molecule has 9 heteroatoms. The van der Waals surface area contributed by atoms with E-state index in [2.05, 4.69) is 9.72 Å². The quantitative estimate of drug-likeness (QED) is 0.0470. The topological polar surface area (TPSA) is 87.0 Å². The highest BCUT2D eigenvalue weighted by molar-refractivity contribution is 6.59. The molecule has 1 aromatic heterocycles. The number of hydrogen-bond acceptors (Lipinski definition) is 6. The number of aromatic nitrogens is 1. The number of para-hydroxylation sites is 1. The van der Waals surface area contributed by atoms with Gasteiger partial charge < -0.3 is 14.1 Å². The van der Waals surface area contributed by atoms with Crippen molar-refractivity contribution in [1.29, 1.82) is 0 Å². The number of halogens is 2. The van der Waals surface area contributed by atoms with E-state index in [-0.39, 0.29) is 11.3 Å². The van der Waals surface area contributed by atoms with Gasteiger partial charge in [-0.2, -0.15) is 0 Å². The number of aryl methyl sites for hydroxylation is 2. The van der Waals surface area contributed by atoms with E-state index in [1.54, 1.807) is 49.4 Å². The average Bonchev–Trinajstić information content (AvgIpc) is 3.43. The van der Waals surface area contributed by atoms with E-state index in [4.69, 9.17) is 32.8 Å². The molecule has 0 fully saturated rings. The third-order valence-electron chi connectivity index (χ3n) is 8.39. The molecule has 0 aliphatic carbocycles. The van der Waals surface area contributed by atoms with Gasteiger partial charge in [0.15, 0.2) is 5.78 Å². The summed E-state index contributed by atoms with van der Waals surface area (Å²) in [4.78, 5) is 44.9. The maximum Gasteiger partial charge on any atom is 0.331 e. The summed E-state index contributed by atoms with van der Waals surface area (Å²) in [6.45, 7) is 7.57. The van der Waals surface area contributed by atoms with Gasteiger partial charge in [0, 0.05) is 63.1 Å². The average molecular weight is 692 g/mol. The first-order valence-electron chi connectivity index (χ1n) is 15.7. The van der Waals surface area contributed by atoms with Crippen molar-refractivity contribution in [1.82, 2.24) is 4.57 Å². The van der Waals surface area contributed by atoms with Gasteiger partial charge in [-0.05, 0) is 91.5 Å². The minimum absolute atomic E-state index is 0.106. The van der Waals surface area contributed by atoms with Crippen molar-refractivity contribution in [2.45, 2.75) is 38.8 Å². The van der Waals surface area contributed by atoms with Crippen LogP contribution < -0.4 is 4.74 Å². The first-order chi connectivity index (χ1) is 23.5. The molecule has 0 unspecified atom stereocenters. The van der Waals surface area contributed by atoms with Crippen LogP contribution >= 0.6 is 23.2 Å². The van der Waals surface area contributed by atoms with E-state index in [0.29, 0.717) is 45.8 Å². The molecule has 5 aromatic carbocycles. The van der Waals surface area contributed by atoms with Gasteiger partial charge in [0.25, 0.3) is 0 Å². The van der Waals surface area contributed by atoms with Crippen LogP contribution in [-0.4, -0.2) is 32.3 Å². The highest BCUT2D eigenvalue weighted by Crippen LogP contribution is 2.43. The SMILES string of the molecule is CCn1c2ccc(C(=O)c3ccccc3C)cc2c2c(-c3ccccc3C(=O)C(Cl)(Cl)Oc3ccccc3)c(C(C)=NOC(C)=O)ccc21. The molecular formula is C40H32Cl2N2O5. The van der Waals surface area contributed by atoms with Crippen LogP contribution in [0.3, 0.4) is 0 Å². The Hall–Kier alpha value is -5.24. The van der Waals surface area contributed by atoms with Crippen LogP contribution in [0.1, 0.15) is 58.2 Å². The maximum absolute atomic E-state index is 14.2. The van der Waals surface area contributed by atoms with Crippen LogP contribution in [-0.2, 0) is 16.2 Å². The number of carbonyl (C=O) groups excluding carboxylic acids is 3. The number of benzene rings is 5. The lowest BCUT2D eigenvalue weighted by Crippen LogP contribution is -2.33. The third-order valence-corrected chi connectivity index (χ3v) is 8.89. The Bertz CT molecular complexity index is 2290. The Morgan fingerprint density at radius 3 is 2.12 bits per heavy atom. The highest BCUT2D eigenvalue weighted by Gasteiger charge is 2.39. The van der Waals surface area contributed by atoms with Gasteiger partial charge in [0.1, 0.15) is 5.75 Å². The van der Waals surface area contributed by atoms with Crippen LogP contribution in [0.15, 0.2) is 114 Å². The molecule has 1 heterocycles. The number of Topliss-reactive ketones (excluding diaryl/α,β-unsaturated/α-hetero) is 1. The standard InChI is InChI=1S/C40H32Cl2N2O5/c1-5-44-34-21-19-27(38(46)29-16-10-9-13-24(29)2)23-33(34)37-35(44)22-20-30(25(3)43-49-26(4)45)36(37)31-17-11-12-18-32(31)39(47)40(41,42)48-28-14-7-6-8-15-28/h6-23H,5H2,1-4H3. The fraction of sp³-hybridized carbons (Fsp3) is 0.150. The molecule has 0 N–H and O–H groups in total. The molecule has 0 bridgehead atoms. The van der Waals surface area contributed by atoms with E-state index in [1.807, 2.05) is 80.6 Å². The minimum atomic E-state index is -2.27. The summed E-state index contributed by atoms with van der Waals surface area (Å²) in [7, 11) is 0. The molecule has 49 heavy (non-hydrogen) atoms. The first kappa shape index (κ1) is 33.7. The number of hydrogen-bond donors (Lipinski definition) is 0. The molecule has 0 aliphatic rings. The second kappa shape index (κ2) is 13.7. The molecule has 0 saturated carbocycles. The predicted molar refractivity (Wildman–Crippen MR) is 195 cm³/mol. The molecule has 6 aromatic rings. The molecule has 0 spiro atoms. The summed E-state index contributed by atoms with van der Waals surface area (Å²) < 4.78 is 5.66. The summed E-state index contributed by atoms with van der Waals surface area (Å²) in [5.41, 5.74) is 6.06. The Morgan fingerprint density at radius 2 is 1.43 bits per heavy atom. The lowest BCUT2D eigenvalue weighted by molar-refractivity contribution is -0.140. The molecule has 7 nitrogen and oxygen atoms in total. The zero-order valence-electron chi connectivity index (χ0n) is 27.3. The van der Waals surface area contributed by atoms with E-state index in [0.717, 1.165) is 27.4 Å². The number of ether oxygens (including phenoxy) is 1. The van der Waals surface area contributed by atoms with Crippen molar-refractivity contribution < 1.29 is 24.0 Å². The zero-order valence-corrected chi connectivity index (χ0v) is 28.8. The minimum Gasteiger partial charge on any atom is -0.451 e. The summed E-state index contributed by atoms with van der Waals surface area (Å²) in [5, 5.41) is 5.67. The number of fused-ring (bicyclic) bond motifs is 3. The Kier molecular flexibility index (Phi) is 9.41. The monoisotopic (exact) mass is 690 g/mol. The summed E-state index contributed by atoms with van der Waals surface area (Å²) in [5.74, 6) is -1.04. The number of oxime groups is 1. The van der Waals surface area contributed by atoms with Crippen molar-refractivity contribution in [3.8, 4) is 16.9 Å². The molecule has 0 atom stereocenters. The van der Waals surface area contributed by atoms with E-state index in [9.17, 15) is 14.4 Å². The van der Waals surface area contributed by atoms with Crippen molar-refractivity contribution in [3.63, 3.8) is 0 Å². The highest BCUT2D eigenvalue weighted by atomic mass is 35.5. The Balaban J connectivity index is 1.65. The van der Waals surface area contributed by atoms with Crippen molar-refractivity contribution >= 4 is 68.3 Å². The molecule has 0 radical (unpaired) electrons. The lowest BCUT2D eigenvalue weighted by Gasteiger charge is -2.22. The molecule has 246 valence electrons. The summed E-state index contributed by atoms with van der Waals surface area (Å²) >= 11 is 13.3. The van der Waals surface area contributed by atoms with Gasteiger partial charge >= 0.3 is 10.5 Å². The Morgan fingerprint density at radius 1 is 0.776 bits per heavy atom. The second-order valence-electron chi connectivity index (χ2n) is 11.6. The van der Waals surface area contributed by atoms with Gasteiger partial charge in [0.05, 0.1) is 5.71 Å². The van der Waals surface area contributed by atoms with Crippen molar-refractivity contribution in [2.24, 2.45) is 5.16 Å². The second-order valence-corrected chi connectivity index (χ2v) is 12.8. The van der Waals surface area contributed by atoms with Gasteiger partial charge in [-0.25, -0.2) is 4.79 Å². The predicted octanol–water partition coefficient (Wildman–Crippen LogP) is 9.70. The number of ketones is 2. The van der Waals surface area contributed by atoms with Gasteiger partial charge in [-0.15, -0.1) is 0 Å². The molecule has 0 aliphatic heterocycles. The van der Waals surface area contributed by atoms with E-state index in [1.165, 1.54) is 6.92 Å². The van der Waals surface area contributed by atoms with Crippen molar-refractivity contribution in [3.05, 3.63) is 137 Å². The number of rotatable bonds is 10. The molecule has 0 amide bonds. The molecule has 6 rings (SSSR count). The number of carbonyl (C=O) groups is 3. The largest absolute Gasteiger partial charge is 0.451 e. The molecular weight excluding hydrogens is 659 g/mol. The van der Waals surface area contributed by atoms with Crippen LogP contribution in [0.4, 0.5) is 0 Å². The Labute approximate surface area is 293 Å². The van der Waals surface area contributed by atoms with Gasteiger partial charge in [-0.1, -0.05) is 78.0 Å². The summed E-state index contributed by atoms with van der Waals surface area (Å²) in [6.07, 6.45) is 0. The van der Waals surface area contributed by atoms with Crippen LogP contribution in [0.5, 0.6) is 5.75 Å². The smallest absolute Gasteiger partial charge is 0.331 e. The number of alkyl halides is 2. The van der Waals surface area contributed by atoms with Crippen LogP contribution in [0.2, 0.25) is 0 Å². The fourth-order valence-corrected chi connectivity index (χ4v) is 6.54. The third kappa shape index (κ3) is 6.47. The van der Waals surface area contributed by atoms with Crippen LogP contribution in [0.25, 0.3) is 32.9 Å². The summed E-state index contributed by atoms with van der Waals surface area (Å²) in [6, 6.07) is 32.6. The lowest BCUT2D eigenvalue weighted by atomic mass is 9.88. The first-order valence-corrected chi connectivity index (χ1v) is 16.4. The van der Waals surface area contributed by atoms with E-state index < -0.39 is 16.3 Å². The normalized spacial score (nSPS) is 11.9. The van der Waals surface area contributed by atoms with E-state index >= 15 is 0 Å². The van der Waals surface area contributed by atoms with Gasteiger partial charge in [-0.3, -0.25) is 9.59 Å².